The maximum absolute atomic E-state index is 13.2. The van der Waals surface area contributed by atoms with Crippen molar-refractivity contribution in [2.24, 2.45) is 0 Å². The Kier molecular flexibility index (Phi) is 7.06. The SMILES string of the molecule is COc1cc2c(cc1OC)CN(C(=O)C1=CCCN(CCC(=O)Nc3nccs3)C1)CC2. The van der Waals surface area contributed by atoms with E-state index in [0.717, 1.165) is 36.3 Å². The van der Waals surface area contributed by atoms with E-state index >= 15 is 0 Å². The average Bonchev–Trinajstić information content (AvgIpc) is 3.34. The highest BCUT2D eigenvalue weighted by molar-refractivity contribution is 7.13. The number of nitrogens with one attached hydrogen (secondary N) is 1. The quantitative estimate of drug-likeness (QED) is 0.690. The number of carbonyl (C=O) groups excluding carboxylic acids is 2. The third-order valence-corrected chi connectivity index (χ3v) is 6.53. The van der Waals surface area contributed by atoms with E-state index in [2.05, 4.69) is 15.2 Å². The number of aromatic nitrogens is 1. The topological polar surface area (TPSA) is 84.0 Å². The molecule has 1 aromatic heterocycles. The molecule has 0 radical (unpaired) electrons. The maximum atomic E-state index is 13.2. The third-order valence-electron chi connectivity index (χ3n) is 5.84. The highest BCUT2D eigenvalue weighted by atomic mass is 32.1. The Balaban J connectivity index is 1.33. The number of thiazole rings is 1. The summed E-state index contributed by atoms with van der Waals surface area (Å²) in [6.07, 6.45) is 5.68. The van der Waals surface area contributed by atoms with Crippen molar-refractivity contribution in [2.45, 2.75) is 25.8 Å². The Morgan fingerprint density at radius 3 is 2.62 bits per heavy atom. The smallest absolute Gasteiger partial charge is 0.251 e. The number of hydrogen-bond donors (Lipinski definition) is 1. The molecule has 2 aliphatic rings. The van der Waals surface area contributed by atoms with Crippen molar-refractivity contribution in [3.05, 3.63) is 46.5 Å². The van der Waals surface area contributed by atoms with E-state index in [1.165, 1.54) is 16.9 Å². The van der Waals surface area contributed by atoms with Gasteiger partial charge in [0.05, 0.1) is 14.2 Å². The van der Waals surface area contributed by atoms with Crippen LogP contribution in [0.1, 0.15) is 24.0 Å². The highest BCUT2D eigenvalue weighted by Crippen LogP contribution is 2.33. The molecule has 3 heterocycles. The van der Waals surface area contributed by atoms with Gasteiger partial charge in [0, 0.05) is 56.3 Å². The molecule has 2 aliphatic heterocycles. The molecular formula is C23H28N4O4S. The number of nitrogens with zero attached hydrogens (tertiary/aromatic N) is 3. The summed E-state index contributed by atoms with van der Waals surface area (Å²) in [5.41, 5.74) is 3.09. The minimum atomic E-state index is -0.0561. The van der Waals surface area contributed by atoms with Crippen LogP contribution in [-0.2, 0) is 22.6 Å². The summed E-state index contributed by atoms with van der Waals surface area (Å²) >= 11 is 1.40. The van der Waals surface area contributed by atoms with Gasteiger partial charge in [-0.05, 0) is 36.1 Å². The molecule has 4 rings (SSSR count). The van der Waals surface area contributed by atoms with Crippen LogP contribution in [-0.4, -0.2) is 67.0 Å². The van der Waals surface area contributed by atoms with E-state index in [9.17, 15) is 9.59 Å². The van der Waals surface area contributed by atoms with Gasteiger partial charge in [-0.15, -0.1) is 11.3 Å². The summed E-state index contributed by atoms with van der Waals surface area (Å²) in [6.45, 7) is 3.26. The van der Waals surface area contributed by atoms with Gasteiger partial charge in [-0.25, -0.2) is 4.98 Å². The second-order valence-electron chi connectivity index (χ2n) is 7.88. The largest absolute Gasteiger partial charge is 0.493 e. The summed E-state index contributed by atoms with van der Waals surface area (Å²) in [5.74, 6) is 1.41. The van der Waals surface area contributed by atoms with Crippen molar-refractivity contribution in [1.29, 1.82) is 0 Å². The number of methoxy groups -OCH3 is 2. The number of anilines is 1. The monoisotopic (exact) mass is 456 g/mol. The molecular weight excluding hydrogens is 428 g/mol. The van der Waals surface area contributed by atoms with Crippen LogP contribution in [0.25, 0.3) is 0 Å². The van der Waals surface area contributed by atoms with Gasteiger partial charge in [-0.1, -0.05) is 6.08 Å². The lowest BCUT2D eigenvalue weighted by atomic mass is 9.97. The Morgan fingerprint density at radius 1 is 1.12 bits per heavy atom. The number of ether oxygens (including phenoxy) is 2. The molecule has 32 heavy (non-hydrogen) atoms. The number of carbonyl (C=O) groups is 2. The maximum Gasteiger partial charge on any atom is 0.251 e. The Labute approximate surface area is 191 Å². The number of benzene rings is 1. The average molecular weight is 457 g/mol. The summed E-state index contributed by atoms with van der Waals surface area (Å²) in [6, 6.07) is 3.98. The Hall–Kier alpha value is -2.91. The summed E-state index contributed by atoms with van der Waals surface area (Å²) < 4.78 is 10.8. The van der Waals surface area contributed by atoms with E-state index in [1.54, 1.807) is 20.4 Å². The van der Waals surface area contributed by atoms with Gasteiger partial charge in [0.2, 0.25) is 5.91 Å². The Morgan fingerprint density at radius 2 is 1.91 bits per heavy atom. The fourth-order valence-corrected chi connectivity index (χ4v) is 4.68. The molecule has 2 amide bonds. The van der Waals surface area contributed by atoms with Crippen molar-refractivity contribution in [2.75, 3.05) is 45.7 Å². The van der Waals surface area contributed by atoms with Crippen LogP contribution in [0.4, 0.5) is 5.13 Å². The number of amides is 2. The third kappa shape index (κ3) is 5.11. The summed E-state index contributed by atoms with van der Waals surface area (Å²) in [5, 5.41) is 5.25. The molecule has 2 aromatic rings. The zero-order valence-electron chi connectivity index (χ0n) is 18.4. The van der Waals surface area contributed by atoms with Gasteiger partial charge in [0.25, 0.3) is 5.91 Å². The summed E-state index contributed by atoms with van der Waals surface area (Å²) in [4.78, 5) is 33.5. The second kappa shape index (κ2) is 10.1. The molecule has 1 N–H and O–H groups in total. The minimum Gasteiger partial charge on any atom is -0.493 e. The lowest BCUT2D eigenvalue weighted by Gasteiger charge is -2.33. The molecule has 0 bridgehead atoms. The van der Waals surface area contributed by atoms with Crippen LogP contribution >= 0.6 is 11.3 Å². The highest BCUT2D eigenvalue weighted by Gasteiger charge is 2.27. The molecule has 0 saturated carbocycles. The lowest BCUT2D eigenvalue weighted by Crippen LogP contribution is -2.41. The zero-order chi connectivity index (χ0) is 22.5. The van der Waals surface area contributed by atoms with Crippen molar-refractivity contribution >= 4 is 28.3 Å². The fraction of sp³-hybridized carbons (Fsp3) is 0.435. The number of fused-ring (bicyclic) bond motifs is 1. The molecule has 0 fully saturated rings. The van der Waals surface area contributed by atoms with Crippen LogP contribution in [0.5, 0.6) is 11.5 Å². The molecule has 0 unspecified atom stereocenters. The molecule has 0 atom stereocenters. The fourth-order valence-electron chi connectivity index (χ4n) is 4.14. The molecule has 0 spiro atoms. The molecule has 1 aromatic carbocycles. The first kappa shape index (κ1) is 22.3. The van der Waals surface area contributed by atoms with Gasteiger partial charge < -0.3 is 19.7 Å². The van der Waals surface area contributed by atoms with E-state index in [-0.39, 0.29) is 11.8 Å². The van der Waals surface area contributed by atoms with Crippen LogP contribution in [0.2, 0.25) is 0 Å². The van der Waals surface area contributed by atoms with Gasteiger partial charge in [0.15, 0.2) is 16.6 Å². The lowest BCUT2D eigenvalue weighted by molar-refractivity contribution is -0.128. The Bertz CT molecular complexity index is 1010. The van der Waals surface area contributed by atoms with Gasteiger partial charge >= 0.3 is 0 Å². The molecule has 0 saturated heterocycles. The first-order chi connectivity index (χ1) is 15.6. The van der Waals surface area contributed by atoms with Crippen LogP contribution in [0.15, 0.2) is 35.4 Å². The van der Waals surface area contributed by atoms with Crippen molar-refractivity contribution in [3.8, 4) is 11.5 Å². The van der Waals surface area contributed by atoms with Crippen LogP contribution in [0, 0.1) is 0 Å². The number of rotatable bonds is 7. The summed E-state index contributed by atoms with van der Waals surface area (Å²) in [7, 11) is 3.25. The second-order valence-corrected chi connectivity index (χ2v) is 8.78. The molecule has 170 valence electrons. The van der Waals surface area contributed by atoms with Crippen LogP contribution in [0.3, 0.4) is 0 Å². The van der Waals surface area contributed by atoms with E-state index in [1.807, 2.05) is 28.5 Å². The predicted octanol–water partition coefficient (Wildman–Crippen LogP) is 2.71. The molecule has 0 aliphatic carbocycles. The van der Waals surface area contributed by atoms with Gasteiger partial charge in [-0.3, -0.25) is 14.5 Å². The zero-order valence-corrected chi connectivity index (χ0v) is 19.2. The van der Waals surface area contributed by atoms with Crippen molar-refractivity contribution in [1.82, 2.24) is 14.8 Å². The van der Waals surface area contributed by atoms with Gasteiger partial charge in [0.1, 0.15) is 0 Å². The number of hydrogen-bond acceptors (Lipinski definition) is 7. The molecule has 8 nitrogen and oxygen atoms in total. The normalized spacial score (nSPS) is 16.2. The predicted molar refractivity (Wildman–Crippen MR) is 123 cm³/mol. The minimum absolute atomic E-state index is 0.0561. The van der Waals surface area contributed by atoms with E-state index in [0.29, 0.717) is 43.5 Å². The van der Waals surface area contributed by atoms with Crippen molar-refractivity contribution < 1.29 is 19.1 Å². The first-order valence-corrected chi connectivity index (χ1v) is 11.6. The first-order valence-electron chi connectivity index (χ1n) is 10.7. The molecule has 9 heteroatoms. The van der Waals surface area contributed by atoms with Gasteiger partial charge in [-0.2, -0.15) is 0 Å². The van der Waals surface area contributed by atoms with Crippen LogP contribution < -0.4 is 14.8 Å². The van der Waals surface area contributed by atoms with Crippen molar-refractivity contribution in [3.63, 3.8) is 0 Å². The standard InChI is InChI=1S/C23H28N4O4S/c1-30-19-12-16-5-10-27(15-18(16)13-20(19)31-2)22(29)17-4-3-8-26(14-17)9-6-21(28)25-23-24-7-11-32-23/h4,7,11-13H,3,5-6,8-10,14-15H2,1-2H3,(H,24,25,28). The van der Waals surface area contributed by atoms with E-state index < -0.39 is 0 Å². The van der Waals surface area contributed by atoms with E-state index in [4.69, 9.17) is 9.47 Å².